The second-order valence-electron chi connectivity index (χ2n) is 7.55. The zero-order valence-electron chi connectivity index (χ0n) is 17.4. The highest BCUT2D eigenvalue weighted by molar-refractivity contribution is 6.00. The van der Waals surface area contributed by atoms with Gasteiger partial charge in [-0.1, -0.05) is 0 Å². The third-order valence-electron chi connectivity index (χ3n) is 5.08. The van der Waals surface area contributed by atoms with Gasteiger partial charge in [0.2, 0.25) is 0 Å². The molecule has 176 valence electrons. The van der Waals surface area contributed by atoms with Crippen molar-refractivity contribution in [2.45, 2.75) is 24.8 Å². The Morgan fingerprint density at radius 1 is 1.18 bits per heavy atom. The molecule has 2 aromatic heterocycles. The van der Waals surface area contributed by atoms with Crippen LogP contribution in [0.15, 0.2) is 36.7 Å². The number of nitrogens with zero attached hydrogens (tertiary/aromatic N) is 4. The Labute approximate surface area is 185 Å². The van der Waals surface area contributed by atoms with Crippen LogP contribution in [-0.4, -0.2) is 69.1 Å². The number of carbonyl (C=O) groups is 1. The number of anilines is 1. The lowest BCUT2D eigenvalue weighted by atomic mass is 10.0. The van der Waals surface area contributed by atoms with E-state index in [-0.39, 0.29) is 23.8 Å². The minimum Gasteiger partial charge on any atom is -0.507 e. The molecule has 0 aliphatic carbocycles. The van der Waals surface area contributed by atoms with Gasteiger partial charge < -0.3 is 20.4 Å². The first-order valence-electron chi connectivity index (χ1n) is 9.82. The summed E-state index contributed by atoms with van der Waals surface area (Å²) in [6.07, 6.45) is -2.12. The number of rotatable bonds is 3. The molecule has 0 unspecified atom stereocenters. The Kier molecular flexibility index (Phi) is 7.26. The molecule has 1 saturated heterocycles. The van der Waals surface area contributed by atoms with Crippen LogP contribution in [0.4, 0.5) is 23.4 Å². The van der Waals surface area contributed by atoms with Gasteiger partial charge in [-0.15, -0.1) is 10.2 Å². The van der Waals surface area contributed by atoms with Gasteiger partial charge in [0.1, 0.15) is 17.6 Å². The number of alkyl halides is 4. The number of carboxylic acid groups (broad SMARTS) is 1. The average molecular weight is 467 g/mol. The van der Waals surface area contributed by atoms with Crippen molar-refractivity contribution in [3.05, 3.63) is 42.2 Å². The number of aromatic hydroxyl groups is 1. The van der Waals surface area contributed by atoms with Gasteiger partial charge >= 0.3 is 6.18 Å². The molecule has 0 saturated carbocycles. The quantitative estimate of drug-likeness (QED) is 0.396. The van der Waals surface area contributed by atoms with Gasteiger partial charge in [0, 0.05) is 54.3 Å². The lowest BCUT2D eigenvalue weighted by molar-refractivity contribution is -0.137. The van der Waals surface area contributed by atoms with Crippen molar-refractivity contribution in [3.63, 3.8) is 0 Å². The molecule has 0 radical (unpaired) electrons. The predicted octanol–water partition coefficient (Wildman–Crippen LogP) is 3.57. The van der Waals surface area contributed by atoms with Crippen molar-refractivity contribution in [2.24, 2.45) is 0 Å². The second kappa shape index (κ2) is 9.94. The summed E-state index contributed by atoms with van der Waals surface area (Å²) in [4.78, 5) is 14.3. The maximum absolute atomic E-state index is 13.9. The highest BCUT2D eigenvalue weighted by Crippen LogP contribution is 2.38. The van der Waals surface area contributed by atoms with Crippen molar-refractivity contribution in [3.8, 4) is 17.0 Å². The standard InChI is InChI=1S/C20H19F4N5O.CH2O2/c1-29-9-12(21)7-13(10-29)26-19-16-8-25-5-4-14(16)18(27-28-19)15-3-2-11(6-17(15)30)20(22,23)24;2-1-3/h2-6,8,12-13,30H,7,9-10H2,1H3,(H,26,28);1H,(H,2,3)/t12-,13-;/m1./s1. The van der Waals surface area contributed by atoms with Gasteiger partial charge in [0.25, 0.3) is 6.47 Å². The molecule has 0 spiro atoms. The van der Waals surface area contributed by atoms with Crippen molar-refractivity contribution >= 4 is 23.1 Å². The topological polar surface area (TPSA) is 111 Å². The number of fused-ring (bicyclic) bond motifs is 1. The monoisotopic (exact) mass is 467 g/mol. The zero-order valence-corrected chi connectivity index (χ0v) is 17.4. The van der Waals surface area contributed by atoms with Crippen LogP contribution in [0.1, 0.15) is 12.0 Å². The molecule has 8 nitrogen and oxygen atoms in total. The summed E-state index contributed by atoms with van der Waals surface area (Å²) in [5.41, 5.74) is -0.601. The van der Waals surface area contributed by atoms with Crippen LogP contribution in [-0.2, 0) is 11.0 Å². The number of nitrogens with one attached hydrogen (secondary N) is 1. The van der Waals surface area contributed by atoms with Crippen molar-refractivity contribution in [1.82, 2.24) is 20.1 Å². The van der Waals surface area contributed by atoms with Gasteiger partial charge in [-0.25, -0.2) is 4.39 Å². The summed E-state index contributed by atoms with van der Waals surface area (Å²) < 4.78 is 52.6. The van der Waals surface area contributed by atoms with E-state index in [1.165, 1.54) is 12.3 Å². The van der Waals surface area contributed by atoms with Gasteiger partial charge in [0.15, 0.2) is 5.82 Å². The fraction of sp³-hybridized carbons (Fsp3) is 0.333. The van der Waals surface area contributed by atoms with Gasteiger partial charge in [-0.05, 0) is 31.3 Å². The van der Waals surface area contributed by atoms with Gasteiger partial charge in [-0.3, -0.25) is 9.78 Å². The van der Waals surface area contributed by atoms with E-state index in [0.717, 1.165) is 6.07 Å². The molecule has 1 fully saturated rings. The number of hydrogen-bond acceptors (Lipinski definition) is 7. The third kappa shape index (κ3) is 5.64. The summed E-state index contributed by atoms with van der Waals surface area (Å²) in [5, 5.41) is 29.7. The zero-order chi connectivity index (χ0) is 24.2. The number of aromatic nitrogens is 3. The third-order valence-corrected chi connectivity index (χ3v) is 5.08. The molecule has 33 heavy (non-hydrogen) atoms. The first-order chi connectivity index (χ1) is 15.6. The van der Waals surface area contributed by atoms with Crippen LogP contribution in [0.25, 0.3) is 22.0 Å². The smallest absolute Gasteiger partial charge is 0.416 e. The highest BCUT2D eigenvalue weighted by atomic mass is 19.4. The van der Waals surface area contributed by atoms with Gasteiger partial charge in [0.05, 0.1) is 5.56 Å². The molecule has 3 aromatic rings. The number of phenols is 1. The molecular weight excluding hydrogens is 446 g/mol. The second-order valence-corrected chi connectivity index (χ2v) is 7.55. The summed E-state index contributed by atoms with van der Waals surface area (Å²) >= 11 is 0. The molecule has 12 heteroatoms. The minimum absolute atomic E-state index is 0.125. The summed E-state index contributed by atoms with van der Waals surface area (Å²) in [6.45, 7) is 0.754. The Morgan fingerprint density at radius 3 is 2.55 bits per heavy atom. The Balaban J connectivity index is 0.000000968. The molecular formula is C21H21F4N5O3. The van der Waals surface area contributed by atoms with E-state index in [4.69, 9.17) is 9.90 Å². The molecule has 0 bridgehead atoms. The van der Waals surface area contributed by atoms with Crippen LogP contribution in [0.2, 0.25) is 0 Å². The number of pyridine rings is 1. The molecule has 0 amide bonds. The first kappa shape index (κ1) is 24.1. The molecule has 1 aromatic carbocycles. The van der Waals surface area contributed by atoms with Crippen molar-refractivity contribution in [2.75, 3.05) is 25.5 Å². The van der Waals surface area contributed by atoms with Crippen LogP contribution >= 0.6 is 0 Å². The SMILES string of the molecule is CN1C[C@H](F)C[C@@H](Nc2nnc(-c3ccc(C(F)(F)F)cc3O)c3ccncc23)C1.O=CO. The first-order valence-corrected chi connectivity index (χ1v) is 9.82. The maximum Gasteiger partial charge on any atom is 0.416 e. The number of likely N-dealkylation sites (tertiary alicyclic amines) is 1. The van der Waals surface area contributed by atoms with Crippen LogP contribution in [0, 0.1) is 0 Å². The van der Waals surface area contributed by atoms with Crippen LogP contribution < -0.4 is 5.32 Å². The Morgan fingerprint density at radius 2 is 1.91 bits per heavy atom. The fourth-order valence-corrected chi connectivity index (χ4v) is 3.76. The van der Waals surface area contributed by atoms with Crippen molar-refractivity contribution < 1.29 is 32.6 Å². The number of phenolic OH excluding ortho intramolecular Hbond substituents is 1. The average Bonchev–Trinajstić information content (AvgIpc) is 2.73. The number of halogens is 4. The van der Waals surface area contributed by atoms with E-state index >= 15 is 0 Å². The van der Waals surface area contributed by atoms with Gasteiger partial charge in [-0.2, -0.15) is 13.2 Å². The van der Waals surface area contributed by atoms with E-state index in [1.54, 1.807) is 12.3 Å². The number of hydrogen-bond donors (Lipinski definition) is 3. The maximum atomic E-state index is 13.9. The molecule has 1 aliphatic heterocycles. The highest BCUT2D eigenvalue weighted by Gasteiger charge is 2.31. The number of piperidine rings is 1. The normalized spacial score (nSPS) is 18.9. The molecule has 2 atom stereocenters. The van der Waals surface area contributed by atoms with E-state index in [9.17, 15) is 22.7 Å². The Bertz CT molecular complexity index is 1120. The van der Waals surface area contributed by atoms with E-state index in [2.05, 4.69) is 20.5 Å². The van der Waals surface area contributed by atoms with E-state index in [0.29, 0.717) is 42.2 Å². The minimum atomic E-state index is -4.57. The van der Waals surface area contributed by atoms with E-state index in [1.807, 2.05) is 11.9 Å². The van der Waals surface area contributed by atoms with Crippen molar-refractivity contribution in [1.29, 1.82) is 0 Å². The fourth-order valence-electron chi connectivity index (χ4n) is 3.76. The lowest BCUT2D eigenvalue weighted by Gasteiger charge is -2.32. The van der Waals surface area contributed by atoms with E-state index < -0.39 is 23.7 Å². The summed E-state index contributed by atoms with van der Waals surface area (Å²) in [6, 6.07) is 4.18. The lowest BCUT2D eigenvalue weighted by Crippen LogP contribution is -2.45. The van der Waals surface area contributed by atoms with Crippen LogP contribution in [0.3, 0.4) is 0 Å². The molecule has 3 heterocycles. The van der Waals surface area contributed by atoms with Crippen LogP contribution in [0.5, 0.6) is 5.75 Å². The Hall–Kier alpha value is -3.54. The molecule has 3 N–H and O–H groups in total. The molecule has 1 aliphatic rings. The summed E-state index contributed by atoms with van der Waals surface area (Å²) in [7, 11) is 1.84. The largest absolute Gasteiger partial charge is 0.507 e. The molecule has 4 rings (SSSR count). The number of benzene rings is 1. The predicted molar refractivity (Wildman–Crippen MR) is 113 cm³/mol. The summed E-state index contributed by atoms with van der Waals surface area (Å²) in [5.74, 6) is -0.145. The number of likely N-dealkylation sites (N-methyl/N-ethyl adjacent to an activating group) is 1.